The summed E-state index contributed by atoms with van der Waals surface area (Å²) < 4.78 is 0. The minimum atomic E-state index is -0.686. The van der Waals surface area contributed by atoms with Crippen LogP contribution in [0.5, 0.6) is 0 Å². The molecule has 0 aromatic heterocycles. The summed E-state index contributed by atoms with van der Waals surface area (Å²) in [5.41, 5.74) is 12.5. The minimum absolute atomic E-state index is 0.159. The number of nitrogens with two attached hydrogens (primary N) is 2. The Balaban J connectivity index is 1.63. The van der Waals surface area contributed by atoms with E-state index in [-0.39, 0.29) is 23.4 Å². The maximum Gasteiger partial charge on any atom is 0.325 e. The Morgan fingerprint density at radius 1 is 1.15 bits per heavy atom. The molecule has 1 saturated carbocycles. The van der Waals surface area contributed by atoms with E-state index in [4.69, 9.17) is 11.5 Å². The van der Waals surface area contributed by atoms with E-state index in [1.54, 1.807) is 4.90 Å². The Labute approximate surface area is 152 Å². The highest BCUT2D eigenvalue weighted by atomic mass is 16.2. The van der Waals surface area contributed by atoms with Gasteiger partial charge < -0.3 is 16.4 Å². The second kappa shape index (κ2) is 6.00. The second-order valence-corrected chi connectivity index (χ2v) is 7.53. The summed E-state index contributed by atoms with van der Waals surface area (Å²) in [6.45, 7) is 0.639. The molecule has 2 aliphatic heterocycles. The van der Waals surface area contributed by atoms with E-state index in [0.29, 0.717) is 18.7 Å². The predicted octanol–water partition coefficient (Wildman–Crippen LogP) is 1.06. The molecule has 7 heteroatoms. The van der Waals surface area contributed by atoms with E-state index in [2.05, 4.69) is 0 Å². The summed E-state index contributed by atoms with van der Waals surface area (Å²) >= 11 is 0. The highest BCUT2D eigenvalue weighted by Crippen LogP contribution is 2.51. The van der Waals surface area contributed by atoms with Crippen molar-refractivity contribution >= 4 is 23.5 Å². The summed E-state index contributed by atoms with van der Waals surface area (Å²) in [4.78, 5) is 39.5. The molecule has 1 aliphatic carbocycles. The molecule has 1 unspecified atom stereocenters. The van der Waals surface area contributed by atoms with Gasteiger partial charge in [0.1, 0.15) is 6.04 Å². The molecule has 2 saturated heterocycles. The summed E-state index contributed by atoms with van der Waals surface area (Å²) in [5, 5.41) is 0. The largest absolute Gasteiger partial charge is 0.370 e. The average molecular weight is 355 g/mol. The van der Waals surface area contributed by atoms with Gasteiger partial charge in [-0.15, -0.1) is 0 Å². The molecule has 4 rings (SSSR count). The van der Waals surface area contributed by atoms with Crippen LogP contribution in [0.15, 0.2) is 24.3 Å². The molecule has 1 aromatic carbocycles. The molecule has 26 heavy (non-hydrogen) atoms. The third-order valence-electron chi connectivity index (χ3n) is 5.84. The molecule has 137 valence electrons. The quantitative estimate of drug-likeness (QED) is 0.824. The zero-order chi connectivity index (χ0) is 18.5. The van der Waals surface area contributed by atoms with Gasteiger partial charge in [-0.2, -0.15) is 0 Å². The minimum Gasteiger partial charge on any atom is -0.370 e. The number of anilines is 1. The van der Waals surface area contributed by atoms with Gasteiger partial charge in [0.15, 0.2) is 0 Å². The Morgan fingerprint density at radius 2 is 1.85 bits per heavy atom. The van der Waals surface area contributed by atoms with Crippen molar-refractivity contribution in [1.29, 1.82) is 0 Å². The van der Waals surface area contributed by atoms with Crippen LogP contribution < -0.4 is 16.4 Å². The SMILES string of the molecule is NC(=O)CC1(c2ccc(N3C(=O)N4CCC[CH][C@@H]4C3C(N)=O)cc2)CC1. The molecular formula is C19H23N4O3. The smallest absolute Gasteiger partial charge is 0.325 e. The van der Waals surface area contributed by atoms with Crippen molar-refractivity contribution in [2.75, 3.05) is 11.4 Å². The van der Waals surface area contributed by atoms with Crippen LogP contribution in [0, 0.1) is 6.42 Å². The first-order valence-electron chi connectivity index (χ1n) is 9.04. The molecule has 2 heterocycles. The number of hydrogen-bond acceptors (Lipinski definition) is 3. The number of urea groups is 1. The van der Waals surface area contributed by atoms with E-state index in [0.717, 1.165) is 31.2 Å². The molecular weight excluding hydrogens is 332 g/mol. The standard InChI is InChI=1S/C19H23N4O3/c20-15(24)11-19(8-9-19)12-4-6-13(7-5-12)23-16(17(21)25)14-3-1-2-10-22(14)18(23)26/h3-7,14,16H,1-2,8-11H2,(H2,20,24)(H2,21,25)/t14-,16?/m1/s1. The first-order valence-corrected chi connectivity index (χ1v) is 9.04. The third kappa shape index (κ3) is 2.62. The average Bonchev–Trinajstić information content (AvgIpc) is 3.32. The van der Waals surface area contributed by atoms with E-state index in [1.165, 1.54) is 4.90 Å². The van der Waals surface area contributed by atoms with Crippen molar-refractivity contribution in [2.45, 2.75) is 49.6 Å². The van der Waals surface area contributed by atoms with Crippen LogP contribution in [0.3, 0.4) is 0 Å². The fourth-order valence-electron chi connectivity index (χ4n) is 4.35. The van der Waals surface area contributed by atoms with Crippen LogP contribution in [0.25, 0.3) is 0 Å². The van der Waals surface area contributed by atoms with Gasteiger partial charge in [0.2, 0.25) is 11.8 Å². The van der Waals surface area contributed by atoms with Crippen molar-refractivity contribution in [3.8, 4) is 0 Å². The third-order valence-corrected chi connectivity index (χ3v) is 5.84. The van der Waals surface area contributed by atoms with Gasteiger partial charge in [0.05, 0.1) is 6.04 Å². The number of fused-ring (bicyclic) bond motifs is 1. The number of rotatable bonds is 5. The Kier molecular flexibility index (Phi) is 3.89. The van der Waals surface area contributed by atoms with Crippen LogP contribution in [-0.4, -0.2) is 41.4 Å². The number of piperidine rings is 1. The van der Waals surface area contributed by atoms with Crippen LogP contribution >= 0.6 is 0 Å². The molecule has 4 amide bonds. The second-order valence-electron chi connectivity index (χ2n) is 7.53. The van der Waals surface area contributed by atoms with Gasteiger partial charge in [-0.25, -0.2) is 4.79 Å². The predicted molar refractivity (Wildman–Crippen MR) is 96.1 cm³/mol. The van der Waals surface area contributed by atoms with Gasteiger partial charge in [-0.1, -0.05) is 12.1 Å². The lowest BCUT2D eigenvalue weighted by atomic mass is 9.91. The fourth-order valence-corrected chi connectivity index (χ4v) is 4.35. The molecule has 0 spiro atoms. The monoisotopic (exact) mass is 355 g/mol. The molecule has 7 nitrogen and oxygen atoms in total. The highest BCUT2D eigenvalue weighted by molar-refractivity contribution is 6.04. The van der Waals surface area contributed by atoms with Crippen molar-refractivity contribution in [2.24, 2.45) is 11.5 Å². The number of carbonyl (C=O) groups excluding carboxylic acids is 3. The van der Waals surface area contributed by atoms with Gasteiger partial charge in [-0.3, -0.25) is 14.5 Å². The van der Waals surface area contributed by atoms with E-state index in [1.807, 2.05) is 30.7 Å². The summed E-state index contributed by atoms with van der Waals surface area (Å²) in [7, 11) is 0. The Hall–Kier alpha value is -2.57. The highest BCUT2D eigenvalue weighted by Gasteiger charge is 2.50. The molecule has 4 N–H and O–H groups in total. The number of hydrogen-bond donors (Lipinski definition) is 2. The summed E-state index contributed by atoms with van der Waals surface area (Å²) in [5.74, 6) is -0.803. The molecule has 1 aromatic rings. The normalized spacial score (nSPS) is 26.5. The molecule has 2 atom stereocenters. The first-order chi connectivity index (χ1) is 12.4. The van der Waals surface area contributed by atoms with E-state index in [9.17, 15) is 14.4 Å². The maximum absolute atomic E-state index is 12.9. The number of primary amides is 2. The molecule has 1 radical (unpaired) electrons. The molecule has 0 bridgehead atoms. The Morgan fingerprint density at radius 3 is 2.42 bits per heavy atom. The molecule has 3 fully saturated rings. The van der Waals surface area contributed by atoms with Crippen molar-refractivity contribution in [3.05, 3.63) is 36.2 Å². The van der Waals surface area contributed by atoms with E-state index < -0.39 is 11.9 Å². The van der Waals surface area contributed by atoms with Gasteiger partial charge in [0.25, 0.3) is 0 Å². The van der Waals surface area contributed by atoms with Gasteiger partial charge in [0, 0.05) is 24.1 Å². The lowest BCUT2D eigenvalue weighted by Crippen LogP contribution is -2.48. The van der Waals surface area contributed by atoms with Crippen LogP contribution in [0.4, 0.5) is 10.5 Å². The molecule has 3 aliphatic rings. The van der Waals surface area contributed by atoms with Gasteiger partial charge >= 0.3 is 6.03 Å². The van der Waals surface area contributed by atoms with Crippen LogP contribution in [0.2, 0.25) is 0 Å². The number of amides is 4. The fraction of sp³-hybridized carbons (Fsp3) is 0.474. The van der Waals surface area contributed by atoms with Crippen LogP contribution in [0.1, 0.15) is 37.7 Å². The van der Waals surface area contributed by atoms with Crippen molar-refractivity contribution in [1.82, 2.24) is 4.90 Å². The van der Waals surface area contributed by atoms with Crippen molar-refractivity contribution < 1.29 is 14.4 Å². The summed E-state index contributed by atoms with van der Waals surface area (Å²) in [6, 6.07) is 6.40. The Bertz CT molecular complexity index is 757. The first kappa shape index (κ1) is 16.9. The van der Waals surface area contributed by atoms with Crippen molar-refractivity contribution in [3.63, 3.8) is 0 Å². The zero-order valence-corrected chi connectivity index (χ0v) is 14.6. The topological polar surface area (TPSA) is 110 Å². The number of benzene rings is 1. The lowest BCUT2D eigenvalue weighted by molar-refractivity contribution is -0.120. The number of carbonyl (C=O) groups is 3. The lowest BCUT2D eigenvalue weighted by Gasteiger charge is -2.29. The number of nitrogens with zero attached hydrogens (tertiary/aromatic N) is 2. The summed E-state index contributed by atoms with van der Waals surface area (Å²) in [6.07, 6.45) is 6.00. The van der Waals surface area contributed by atoms with E-state index >= 15 is 0 Å². The maximum atomic E-state index is 12.9. The van der Waals surface area contributed by atoms with Crippen LogP contribution in [-0.2, 0) is 15.0 Å². The zero-order valence-electron chi connectivity index (χ0n) is 14.6. The van der Waals surface area contributed by atoms with Gasteiger partial charge in [-0.05, 0) is 49.8 Å².